The highest BCUT2D eigenvalue weighted by Crippen LogP contribution is 2.26. The summed E-state index contributed by atoms with van der Waals surface area (Å²) in [7, 11) is 1.99. The van der Waals surface area contributed by atoms with Gasteiger partial charge in [-0.05, 0) is 38.2 Å². The summed E-state index contributed by atoms with van der Waals surface area (Å²) in [5, 5.41) is 10.3. The van der Waals surface area contributed by atoms with Crippen LogP contribution < -0.4 is 4.74 Å². The van der Waals surface area contributed by atoms with E-state index in [9.17, 15) is 9.90 Å². The smallest absolute Gasteiger partial charge is 0.339 e. The number of carboxylic acids is 1. The van der Waals surface area contributed by atoms with Crippen molar-refractivity contribution in [3.63, 3.8) is 0 Å². The zero-order chi connectivity index (χ0) is 17.8. The lowest BCUT2D eigenvalue weighted by molar-refractivity contribution is 0.0691. The molecule has 5 nitrogen and oxygen atoms in total. The molecule has 130 valence electrons. The van der Waals surface area contributed by atoms with E-state index in [0.717, 1.165) is 16.7 Å². The summed E-state index contributed by atoms with van der Waals surface area (Å²) in [5.41, 5.74) is 1.06. The van der Waals surface area contributed by atoms with Gasteiger partial charge in [0.25, 0.3) is 0 Å². The molecule has 5 heteroatoms. The second kappa shape index (κ2) is 7.40. The molecule has 0 aliphatic heterocycles. The standard InChI is InChI=1S/C20H21NO4/c1-14(19-13-15-7-3-5-9-17(15)25-19)21(2)11-12-24-18-10-6-4-8-16(18)20(22)23/h3-10,13-14H,11-12H2,1-2H3,(H,22,23)/t14-/m0/s1. The van der Waals surface area contributed by atoms with Crippen LogP contribution in [0.3, 0.4) is 0 Å². The van der Waals surface area contributed by atoms with Crippen LogP contribution in [0.5, 0.6) is 5.75 Å². The first-order valence-electron chi connectivity index (χ1n) is 8.20. The Labute approximate surface area is 146 Å². The van der Waals surface area contributed by atoms with Crippen molar-refractivity contribution >= 4 is 16.9 Å². The SMILES string of the molecule is C[C@@H](c1cc2ccccc2o1)N(C)CCOc1ccccc1C(=O)O. The predicted octanol–water partition coefficient (Wildman–Crippen LogP) is 4.20. The van der Waals surface area contributed by atoms with E-state index in [1.165, 1.54) is 0 Å². The number of carbonyl (C=O) groups is 1. The number of furan rings is 1. The van der Waals surface area contributed by atoms with Crippen molar-refractivity contribution in [2.75, 3.05) is 20.2 Å². The van der Waals surface area contributed by atoms with Crippen LogP contribution in [0.2, 0.25) is 0 Å². The van der Waals surface area contributed by atoms with Gasteiger partial charge in [0.05, 0.1) is 6.04 Å². The highest BCUT2D eigenvalue weighted by molar-refractivity contribution is 5.90. The average Bonchev–Trinajstić information content (AvgIpc) is 3.05. The van der Waals surface area contributed by atoms with Gasteiger partial charge in [0.2, 0.25) is 0 Å². The lowest BCUT2D eigenvalue weighted by Crippen LogP contribution is -2.27. The van der Waals surface area contributed by atoms with Gasteiger partial charge in [-0.25, -0.2) is 4.79 Å². The quantitative estimate of drug-likeness (QED) is 0.699. The molecule has 3 rings (SSSR count). The van der Waals surface area contributed by atoms with Gasteiger partial charge in [0, 0.05) is 11.9 Å². The number of benzene rings is 2. The first-order valence-corrected chi connectivity index (χ1v) is 8.20. The maximum Gasteiger partial charge on any atom is 0.339 e. The number of aromatic carboxylic acids is 1. The molecule has 0 aliphatic carbocycles. The fourth-order valence-electron chi connectivity index (χ4n) is 2.69. The minimum Gasteiger partial charge on any atom is -0.491 e. The van der Waals surface area contributed by atoms with Crippen LogP contribution in [0.25, 0.3) is 11.0 Å². The minimum atomic E-state index is -0.986. The van der Waals surface area contributed by atoms with Crippen molar-refractivity contribution in [3.05, 3.63) is 65.9 Å². The number of fused-ring (bicyclic) bond motifs is 1. The fourth-order valence-corrected chi connectivity index (χ4v) is 2.69. The van der Waals surface area contributed by atoms with Crippen molar-refractivity contribution in [2.45, 2.75) is 13.0 Å². The zero-order valence-corrected chi connectivity index (χ0v) is 14.3. The van der Waals surface area contributed by atoms with Crippen LogP contribution in [0.4, 0.5) is 0 Å². The molecular formula is C20H21NO4. The molecule has 0 saturated carbocycles. The topological polar surface area (TPSA) is 62.9 Å². The molecule has 1 heterocycles. The van der Waals surface area contributed by atoms with Crippen molar-refractivity contribution in [3.8, 4) is 5.75 Å². The van der Waals surface area contributed by atoms with E-state index in [1.54, 1.807) is 24.3 Å². The average molecular weight is 339 g/mol. The first kappa shape index (κ1) is 17.0. The maximum absolute atomic E-state index is 11.2. The van der Waals surface area contributed by atoms with Gasteiger partial charge < -0.3 is 14.3 Å². The van der Waals surface area contributed by atoms with Gasteiger partial charge in [-0.3, -0.25) is 4.90 Å². The third-order valence-electron chi connectivity index (χ3n) is 4.34. The molecule has 0 saturated heterocycles. The molecular weight excluding hydrogens is 318 g/mol. The van der Waals surface area contributed by atoms with Crippen molar-refractivity contribution < 1.29 is 19.1 Å². The number of nitrogens with zero attached hydrogens (tertiary/aromatic N) is 1. The highest BCUT2D eigenvalue weighted by atomic mass is 16.5. The zero-order valence-electron chi connectivity index (χ0n) is 14.3. The van der Waals surface area contributed by atoms with Gasteiger partial charge in [0.15, 0.2) is 0 Å². The normalized spacial score (nSPS) is 12.4. The summed E-state index contributed by atoms with van der Waals surface area (Å²) < 4.78 is 11.6. The third kappa shape index (κ3) is 3.83. The van der Waals surface area contributed by atoms with Gasteiger partial charge in [-0.1, -0.05) is 30.3 Å². The summed E-state index contributed by atoms with van der Waals surface area (Å²) in [6, 6.07) is 16.7. The number of para-hydroxylation sites is 2. The van der Waals surface area contributed by atoms with Crippen LogP contribution in [-0.2, 0) is 0 Å². The van der Waals surface area contributed by atoms with Crippen LogP contribution >= 0.6 is 0 Å². The summed E-state index contributed by atoms with van der Waals surface area (Å²) in [4.78, 5) is 13.3. The molecule has 3 aromatic rings. The van der Waals surface area contributed by atoms with Crippen molar-refractivity contribution in [1.82, 2.24) is 4.90 Å². The molecule has 1 N–H and O–H groups in total. The number of rotatable bonds is 7. The lowest BCUT2D eigenvalue weighted by Gasteiger charge is -2.23. The van der Waals surface area contributed by atoms with Gasteiger partial charge >= 0.3 is 5.97 Å². The van der Waals surface area contributed by atoms with Crippen molar-refractivity contribution in [1.29, 1.82) is 0 Å². The van der Waals surface area contributed by atoms with Crippen LogP contribution in [0.1, 0.15) is 29.1 Å². The number of hydrogen-bond acceptors (Lipinski definition) is 4. The Hall–Kier alpha value is -2.79. The molecule has 0 fully saturated rings. The summed E-state index contributed by atoms with van der Waals surface area (Å²) in [6.07, 6.45) is 0. The van der Waals surface area contributed by atoms with E-state index < -0.39 is 5.97 Å². The van der Waals surface area contributed by atoms with E-state index in [2.05, 4.69) is 17.9 Å². The number of ether oxygens (including phenoxy) is 1. The van der Waals surface area contributed by atoms with Gasteiger partial charge in [-0.15, -0.1) is 0 Å². The molecule has 1 aromatic heterocycles. The highest BCUT2D eigenvalue weighted by Gasteiger charge is 2.17. The molecule has 0 spiro atoms. The van der Waals surface area contributed by atoms with E-state index in [-0.39, 0.29) is 11.6 Å². The minimum absolute atomic E-state index is 0.0886. The van der Waals surface area contributed by atoms with E-state index in [1.807, 2.05) is 31.3 Å². The molecule has 0 unspecified atom stereocenters. The maximum atomic E-state index is 11.2. The Morgan fingerprint density at radius 1 is 1.20 bits per heavy atom. The second-order valence-electron chi connectivity index (χ2n) is 5.99. The Balaban J connectivity index is 1.60. The monoisotopic (exact) mass is 339 g/mol. The molecule has 2 aromatic carbocycles. The number of likely N-dealkylation sites (N-methyl/N-ethyl adjacent to an activating group) is 1. The Morgan fingerprint density at radius 3 is 2.68 bits per heavy atom. The Bertz CT molecular complexity index is 838. The second-order valence-corrected chi connectivity index (χ2v) is 5.99. The molecule has 25 heavy (non-hydrogen) atoms. The first-order chi connectivity index (χ1) is 12.1. The van der Waals surface area contributed by atoms with Crippen LogP contribution in [0.15, 0.2) is 59.0 Å². The summed E-state index contributed by atoms with van der Waals surface area (Å²) in [6.45, 7) is 3.11. The molecule has 0 amide bonds. The van der Waals surface area contributed by atoms with E-state index in [0.29, 0.717) is 18.9 Å². The van der Waals surface area contributed by atoms with E-state index >= 15 is 0 Å². The van der Waals surface area contributed by atoms with Gasteiger partial charge in [-0.2, -0.15) is 0 Å². The Kier molecular flexibility index (Phi) is 5.05. The largest absolute Gasteiger partial charge is 0.491 e. The predicted molar refractivity (Wildman–Crippen MR) is 96.2 cm³/mol. The Morgan fingerprint density at radius 2 is 1.92 bits per heavy atom. The number of carboxylic acid groups (broad SMARTS) is 1. The molecule has 0 bridgehead atoms. The molecule has 1 atom stereocenters. The summed E-state index contributed by atoms with van der Waals surface area (Å²) >= 11 is 0. The fraction of sp³-hybridized carbons (Fsp3) is 0.250. The van der Waals surface area contributed by atoms with Crippen LogP contribution in [0, 0.1) is 0 Å². The molecule has 0 radical (unpaired) electrons. The summed E-state index contributed by atoms with van der Waals surface area (Å²) in [5.74, 6) is 0.300. The van der Waals surface area contributed by atoms with Crippen LogP contribution in [-0.4, -0.2) is 36.2 Å². The lowest BCUT2D eigenvalue weighted by atomic mass is 10.2. The third-order valence-corrected chi connectivity index (χ3v) is 4.34. The van der Waals surface area contributed by atoms with E-state index in [4.69, 9.17) is 9.15 Å². The molecule has 0 aliphatic rings. The number of hydrogen-bond donors (Lipinski definition) is 1. The van der Waals surface area contributed by atoms with Crippen molar-refractivity contribution in [2.24, 2.45) is 0 Å². The van der Waals surface area contributed by atoms with Gasteiger partial charge in [0.1, 0.15) is 29.3 Å².